The molecule has 19 heavy (non-hydrogen) atoms. The number of nitrogens with two attached hydrogens (primary N) is 1. The SMILES string of the molecule is CC(N)c1cncn1-c1ccc(C(F)(F)F)cc1Cl. The van der Waals surface area contributed by atoms with Crippen LogP contribution >= 0.6 is 11.6 Å². The highest BCUT2D eigenvalue weighted by Gasteiger charge is 2.31. The van der Waals surface area contributed by atoms with E-state index in [2.05, 4.69) is 4.98 Å². The molecule has 1 unspecified atom stereocenters. The lowest BCUT2D eigenvalue weighted by atomic mass is 10.2. The number of aromatic nitrogens is 2. The van der Waals surface area contributed by atoms with Crippen LogP contribution in [0.25, 0.3) is 5.69 Å². The molecule has 1 aromatic carbocycles. The van der Waals surface area contributed by atoms with Gasteiger partial charge < -0.3 is 10.3 Å². The molecule has 0 amide bonds. The summed E-state index contributed by atoms with van der Waals surface area (Å²) in [6.45, 7) is 1.76. The number of alkyl halides is 3. The van der Waals surface area contributed by atoms with Gasteiger partial charge in [0.1, 0.15) is 0 Å². The number of hydrogen-bond donors (Lipinski definition) is 1. The van der Waals surface area contributed by atoms with Crippen molar-refractivity contribution >= 4 is 11.6 Å². The van der Waals surface area contributed by atoms with E-state index in [1.54, 1.807) is 17.7 Å². The molecule has 0 bridgehead atoms. The zero-order chi connectivity index (χ0) is 14.2. The highest BCUT2D eigenvalue weighted by atomic mass is 35.5. The van der Waals surface area contributed by atoms with Crippen LogP contribution in [0.3, 0.4) is 0 Å². The average Bonchev–Trinajstić information content (AvgIpc) is 2.76. The lowest BCUT2D eigenvalue weighted by Gasteiger charge is -2.14. The summed E-state index contributed by atoms with van der Waals surface area (Å²) >= 11 is 5.91. The predicted molar refractivity (Wildman–Crippen MR) is 66.2 cm³/mol. The smallest absolute Gasteiger partial charge is 0.323 e. The van der Waals surface area contributed by atoms with Crippen LogP contribution in [-0.2, 0) is 6.18 Å². The van der Waals surface area contributed by atoms with Gasteiger partial charge in [-0.2, -0.15) is 13.2 Å². The molecule has 1 aromatic heterocycles. The van der Waals surface area contributed by atoms with Crippen LogP contribution < -0.4 is 5.73 Å². The molecule has 7 heteroatoms. The van der Waals surface area contributed by atoms with Crippen LogP contribution in [0, 0.1) is 0 Å². The Morgan fingerprint density at radius 3 is 2.58 bits per heavy atom. The van der Waals surface area contributed by atoms with Crippen molar-refractivity contribution in [3.05, 3.63) is 47.0 Å². The molecule has 1 atom stereocenters. The molecule has 0 aliphatic heterocycles. The first-order valence-corrected chi connectivity index (χ1v) is 5.83. The molecule has 2 rings (SSSR count). The zero-order valence-electron chi connectivity index (χ0n) is 9.95. The Morgan fingerprint density at radius 1 is 1.37 bits per heavy atom. The summed E-state index contributed by atoms with van der Waals surface area (Å²) in [5.41, 5.74) is 6.06. The van der Waals surface area contributed by atoms with E-state index in [1.807, 2.05) is 0 Å². The monoisotopic (exact) mass is 289 g/mol. The second-order valence-corrected chi connectivity index (χ2v) is 4.55. The summed E-state index contributed by atoms with van der Waals surface area (Å²) < 4.78 is 39.2. The van der Waals surface area contributed by atoms with Crippen LogP contribution in [0.4, 0.5) is 13.2 Å². The van der Waals surface area contributed by atoms with Crippen molar-refractivity contribution in [2.75, 3.05) is 0 Å². The average molecular weight is 290 g/mol. The highest BCUT2D eigenvalue weighted by Crippen LogP contribution is 2.33. The minimum Gasteiger partial charge on any atom is -0.323 e. The Balaban J connectivity index is 2.50. The quantitative estimate of drug-likeness (QED) is 0.918. The number of benzene rings is 1. The van der Waals surface area contributed by atoms with Crippen molar-refractivity contribution < 1.29 is 13.2 Å². The van der Waals surface area contributed by atoms with Gasteiger partial charge in [0.2, 0.25) is 0 Å². The second kappa shape index (κ2) is 4.86. The molecule has 0 saturated heterocycles. The standard InChI is InChI=1S/C12H11ClF3N3/c1-7(17)11-5-18-6-19(11)10-3-2-8(4-9(10)13)12(14,15)16/h2-7H,17H2,1H3. The van der Waals surface area contributed by atoms with Crippen molar-refractivity contribution in [1.29, 1.82) is 0 Å². The number of imidazole rings is 1. The van der Waals surface area contributed by atoms with E-state index in [4.69, 9.17) is 17.3 Å². The van der Waals surface area contributed by atoms with Crippen LogP contribution in [0.15, 0.2) is 30.7 Å². The van der Waals surface area contributed by atoms with Gasteiger partial charge in [0.15, 0.2) is 0 Å². The summed E-state index contributed by atoms with van der Waals surface area (Å²) in [6, 6.07) is 2.87. The van der Waals surface area contributed by atoms with E-state index >= 15 is 0 Å². The summed E-state index contributed by atoms with van der Waals surface area (Å²) in [6.07, 6.45) is -1.40. The third-order valence-corrected chi connectivity index (χ3v) is 2.97. The van der Waals surface area contributed by atoms with Gasteiger partial charge in [0.05, 0.1) is 34.5 Å². The van der Waals surface area contributed by atoms with Gasteiger partial charge >= 0.3 is 6.18 Å². The van der Waals surface area contributed by atoms with Crippen LogP contribution in [0.5, 0.6) is 0 Å². The van der Waals surface area contributed by atoms with Crippen molar-refractivity contribution in [1.82, 2.24) is 9.55 Å². The number of nitrogens with zero attached hydrogens (tertiary/aromatic N) is 2. The molecule has 0 aliphatic rings. The van der Waals surface area contributed by atoms with Gasteiger partial charge in [-0.15, -0.1) is 0 Å². The van der Waals surface area contributed by atoms with Crippen molar-refractivity contribution in [3.63, 3.8) is 0 Å². The van der Waals surface area contributed by atoms with Crippen molar-refractivity contribution in [2.24, 2.45) is 5.73 Å². The van der Waals surface area contributed by atoms with Gasteiger partial charge in [-0.1, -0.05) is 11.6 Å². The maximum atomic E-state index is 12.6. The Bertz CT molecular complexity index is 590. The fourth-order valence-electron chi connectivity index (χ4n) is 1.72. The molecule has 0 spiro atoms. The second-order valence-electron chi connectivity index (χ2n) is 4.14. The Labute approximate surface area is 112 Å². The van der Waals surface area contributed by atoms with Gasteiger partial charge in [0.25, 0.3) is 0 Å². The van der Waals surface area contributed by atoms with Gasteiger partial charge in [0, 0.05) is 6.04 Å². The molecular weight excluding hydrogens is 279 g/mol. The normalized spacial score (nSPS) is 13.6. The Morgan fingerprint density at radius 2 is 2.05 bits per heavy atom. The summed E-state index contributed by atoms with van der Waals surface area (Å²) in [4.78, 5) is 3.93. The molecule has 0 aliphatic carbocycles. The lowest BCUT2D eigenvalue weighted by molar-refractivity contribution is -0.137. The molecular formula is C12H11ClF3N3. The van der Waals surface area contributed by atoms with Gasteiger partial charge in [-0.3, -0.25) is 0 Å². The topological polar surface area (TPSA) is 43.8 Å². The number of hydrogen-bond acceptors (Lipinski definition) is 2. The van der Waals surface area contributed by atoms with E-state index in [0.29, 0.717) is 11.4 Å². The highest BCUT2D eigenvalue weighted by molar-refractivity contribution is 6.32. The summed E-state index contributed by atoms with van der Waals surface area (Å²) in [5.74, 6) is 0. The van der Waals surface area contributed by atoms with E-state index in [0.717, 1.165) is 12.1 Å². The molecule has 1 heterocycles. The van der Waals surface area contributed by atoms with Crippen molar-refractivity contribution in [2.45, 2.75) is 19.1 Å². The first kappa shape index (κ1) is 13.9. The molecule has 0 saturated carbocycles. The molecule has 102 valence electrons. The maximum absolute atomic E-state index is 12.6. The van der Waals surface area contributed by atoms with Gasteiger partial charge in [-0.25, -0.2) is 4.98 Å². The molecule has 0 fully saturated rings. The first-order chi connectivity index (χ1) is 8.80. The van der Waals surface area contributed by atoms with Crippen LogP contribution in [-0.4, -0.2) is 9.55 Å². The Kier molecular flexibility index (Phi) is 3.56. The minimum atomic E-state index is -4.42. The largest absolute Gasteiger partial charge is 0.416 e. The molecule has 2 N–H and O–H groups in total. The van der Waals surface area contributed by atoms with Crippen LogP contribution in [0.2, 0.25) is 5.02 Å². The molecule has 2 aromatic rings. The Hall–Kier alpha value is -1.53. The van der Waals surface area contributed by atoms with E-state index < -0.39 is 11.7 Å². The van der Waals surface area contributed by atoms with Gasteiger partial charge in [-0.05, 0) is 25.1 Å². The fraction of sp³-hybridized carbons (Fsp3) is 0.250. The predicted octanol–water partition coefficient (Wildman–Crippen LogP) is 3.56. The van der Waals surface area contributed by atoms with E-state index in [-0.39, 0.29) is 11.1 Å². The summed E-state index contributed by atoms with van der Waals surface area (Å²) in [7, 11) is 0. The van der Waals surface area contributed by atoms with Crippen molar-refractivity contribution in [3.8, 4) is 5.69 Å². The lowest BCUT2D eigenvalue weighted by Crippen LogP contribution is -2.11. The third-order valence-electron chi connectivity index (χ3n) is 2.67. The molecule has 0 radical (unpaired) electrons. The number of rotatable bonds is 2. The first-order valence-electron chi connectivity index (χ1n) is 5.45. The zero-order valence-corrected chi connectivity index (χ0v) is 10.7. The third kappa shape index (κ3) is 2.74. The number of halogens is 4. The minimum absolute atomic E-state index is 0.00488. The van der Waals surface area contributed by atoms with Crippen LogP contribution in [0.1, 0.15) is 24.2 Å². The van der Waals surface area contributed by atoms with E-state index in [9.17, 15) is 13.2 Å². The fourth-order valence-corrected chi connectivity index (χ4v) is 1.99. The van der Waals surface area contributed by atoms with E-state index in [1.165, 1.54) is 12.4 Å². The molecule has 3 nitrogen and oxygen atoms in total. The summed E-state index contributed by atoms with van der Waals surface area (Å²) in [5, 5.41) is -0.00488. The maximum Gasteiger partial charge on any atom is 0.416 e.